The zero-order valence-electron chi connectivity index (χ0n) is 22.5. The van der Waals surface area contributed by atoms with Crippen LogP contribution in [-0.2, 0) is 4.65 Å². The average molecular weight is 528 g/mol. The van der Waals surface area contributed by atoms with Crippen molar-refractivity contribution in [3.8, 4) is 11.1 Å². The van der Waals surface area contributed by atoms with Crippen LogP contribution in [0.25, 0.3) is 64.0 Å². The van der Waals surface area contributed by atoms with Gasteiger partial charge in [-0.2, -0.15) is 0 Å². The maximum atomic E-state index is 10.5. The molecule has 1 N–H and O–H groups in total. The molecule has 39 heavy (non-hydrogen) atoms. The standard InChI is InChI=1S/C34H29BO3S/c1-33(2,36)34(3,4)38-35-28-14-8-12-24-26-18-22(15-16-29(26)37-31(24)28)23-11-7-13-25-27-17-20-9-5-6-10-21(20)19-30(27)39-32(23)25/h5-19,35-36H,1-4H3. The zero-order valence-corrected chi connectivity index (χ0v) is 23.4. The Morgan fingerprint density at radius 3 is 2.28 bits per heavy atom. The molecule has 2 aromatic heterocycles. The predicted octanol–water partition coefficient (Wildman–Crippen LogP) is 8.32. The lowest BCUT2D eigenvalue weighted by Gasteiger charge is -2.37. The Hall–Kier alpha value is -3.64. The Labute approximate surface area is 231 Å². The largest absolute Gasteiger partial charge is 0.457 e. The minimum absolute atomic E-state index is 0.358. The summed E-state index contributed by atoms with van der Waals surface area (Å²) in [4.78, 5) is 0. The van der Waals surface area contributed by atoms with Gasteiger partial charge in [0.05, 0.1) is 11.2 Å². The molecular weight excluding hydrogens is 499 g/mol. The van der Waals surface area contributed by atoms with Crippen LogP contribution >= 0.6 is 11.3 Å². The van der Waals surface area contributed by atoms with E-state index in [1.807, 2.05) is 31.3 Å². The first kappa shape index (κ1) is 24.4. The summed E-state index contributed by atoms with van der Waals surface area (Å²) in [5.41, 5.74) is 3.41. The zero-order chi connectivity index (χ0) is 26.9. The third kappa shape index (κ3) is 3.96. The smallest absolute Gasteiger partial charge is 0.313 e. The molecule has 192 valence electrons. The predicted molar refractivity (Wildman–Crippen MR) is 168 cm³/mol. The summed E-state index contributed by atoms with van der Waals surface area (Å²) >= 11 is 1.86. The highest BCUT2D eigenvalue weighted by molar-refractivity contribution is 7.26. The van der Waals surface area contributed by atoms with Gasteiger partial charge in [-0.3, -0.25) is 0 Å². The maximum absolute atomic E-state index is 10.5. The van der Waals surface area contributed by atoms with Gasteiger partial charge in [0.25, 0.3) is 0 Å². The molecule has 0 aliphatic carbocycles. The Morgan fingerprint density at radius 2 is 1.49 bits per heavy atom. The van der Waals surface area contributed by atoms with E-state index in [9.17, 15) is 5.11 Å². The SMILES string of the molecule is CC(C)(O)C(C)(C)OBc1cccc2c1oc1ccc(-c3cccc4c3sc3cc5ccccc5cc34)cc12. The van der Waals surface area contributed by atoms with Gasteiger partial charge < -0.3 is 14.2 Å². The molecule has 7 aromatic rings. The van der Waals surface area contributed by atoms with Crippen LogP contribution in [0.15, 0.2) is 95.4 Å². The fourth-order valence-corrected chi connectivity index (χ4v) is 6.55. The summed E-state index contributed by atoms with van der Waals surface area (Å²) in [6, 6.07) is 32.5. The second-order valence-corrected chi connectivity index (χ2v) is 12.5. The number of fused-ring (bicyclic) bond motifs is 7. The van der Waals surface area contributed by atoms with E-state index in [-0.39, 0.29) is 0 Å². The molecule has 0 amide bonds. The van der Waals surface area contributed by atoms with Gasteiger partial charge in [-0.1, -0.05) is 66.7 Å². The van der Waals surface area contributed by atoms with Crippen LogP contribution in [0.3, 0.4) is 0 Å². The van der Waals surface area contributed by atoms with Crippen LogP contribution in [-0.4, -0.2) is 23.8 Å². The number of para-hydroxylation sites is 1. The molecule has 0 unspecified atom stereocenters. The Bertz CT molecular complexity index is 2040. The first-order valence-electron chi connectivity index (χ1n) is 13.3. The van der Waals surface area contributed by atoms with Gasteiger partial charge >= 0.3 is 7.48 Å². The van der Waals surface area contributed by atoms with E-state index in [0.717, 1.165) is 27.4 Å². The summed E-state index contributed by atoms with van der Waals surface area (Å²) in [5.74, 6) is 0. The monoisotopic (exact) mass is 528 g/mol. The van der Waals surface area contributed by atoms with E-state index in [2.05, 4.69) is 84.9 Å². The number of thiophene rings is 1. The molecule has 0 saturated heterocycles. The van der Waals surface area contributed by atoms with Crippen LogP contribution in [0.1, 0.15) is 27.7 Å². The second-order valence-electron chi connectivity index (χ2n) is 11.4. The lowest BCUT2D eigenvalue weighted by molar-refractivity contribution is -0.0893. The molecule has 0 aliphatic heterocycles. The molecule has 0 spiro atoms. The Balaban J connectivity index is 1.34. The molecule has 0 atom stereocenters. The Morgan fingerprint density at radius 1 is 0.744 bits per heavy atom. The van der Waals surface area contributed by atoms with Crippen LogP contribution < -0.4 is 5.46 Å². The molecular formula is C34H29BO3S. The number of hydrogen-bond acceptors (Lipinski definition) is 4. The molecule has 0 bridgehead atoms. The third-order valence-corrected chi connectivity index (χ3v) is 9.52. The van der Waals surface area contributed by atoms with Crippen molar-refractivity contribution in [1.82, 2.24) is 0 Å². The minimum Gasteiger partial charge on any atom is -0.457 e. The van der Waals surface area contributed by atoms with Gasteiger partial charge in [-0.15, -0.1) is 11.3 Å². The van der Waals surface area contributed by atoms with Crippen LogP contribution in [0, 0.1) is 0 Å². The van der Waals surface area contributed by atoms with Crippen LogP contribution in [0.2, 0.25) is 0 Å². The topological polar surface area (TPSA) is 42.6 Å². The quantitative estimate of drug-likeness (QED) is 0.229. The summed E-state index contributed by atoms with van der Waals surface area (Å²) in [6.07, 6.45) is 0. The highest BCUT2D eigenvalue weighted by atomic mass is 32.1. The fourth-order valence-electron chi connectivity index (χ4n) is 5.28. The van der Waals surface area contributed by atoms with Gasteiger partial charge in [0, 0.05) is 30.9 Å². The summed E-state index contributed by atoms with van der Waals surface area (Å²) in [5, 5.41) is 17.8. The molecule has 5 heteroatoms. The van der Waals surface area contributed by atoms with Crippen molar-refractivity contribution < 1.29 is 14.2 Å². The molecule has 0 aliphatic rings. The summed E-state index contributed by atoms with van der Waals surface area (Å²) < 4.78 is 15.2. The summed E-state index contributed by atoms with van der Waals surface area (Å²) in [6.45, 7) is 7.37. The van der Waals surface area contributed by atoms with E-state index in [0.29, 0.717) is 7.48 Å². The van der Waals surface area contributed by atoms with Crippen molar-refractivity contribution in [3.05, 3.63) is 91.0 Å². The van der Waals surface area contributed by atoms with E-state index in [1.165, 1.54) is 42.1 Å². The number of aliphatic hydroxyl groups is 1. The van der Waals surface area contributed by atoms with Gasteiger partial charge in [-0.05, 0) is 79.3 Å². The molecule has 2 heterocycles. The molecule has 3 nitrogen and oxygen atoms in total. The van der Waals surface area contributed by atoms with E-state index >= 15 is 0 Å². The van der Waals surface area contributed by atoms with Crippen molar-refractivity contribution >= 4 is 77.2 Å². The number of furan rings is 1. The molecule has 0 fully saturated rings. The average Bonchev–Trinajstić information content (AvgIpc) is 3.47. The first-order chi connectivity index (χ1) is 18.7. The second kappa shape index (κ2) is 8.69. The number of benzene rings is 5. The van der Waals surface area contributed by atoms with Crippen molar-refractivity contribution in [1.29, 1.82) is 0 Å². The van der Waals surface area contributed by atoms with Gasteiger partial charge in [-0.25, -0.2) is 0 Å². The molecule has 7 rings (SSSR count). The van der Waals surface area contributed by atoms with E-state index in [1.54, 1.807) is 13.8 Å². The van der Waals surface area contributed by atoms with Crippen molar-refractivity contribution in [2.75, 3.05) is 0 Å². The lowest BCUT2D eigenvalue weighted by atomic mass is 9.82. The van der Waals surface area contributed by atoms with Crippen LogP contribution in [0.5, 0.6) is 0 Å². The first-order valence-corrected chi connectivity index (χ1v) is 14.2. The van der Waals surface area contributed by atoms with Gasteiger partial charge in [0.1, 0.15) is 11.2 Å². The molecule has 5 aromatic carbocycles. The van der Waals surface area contributed by atoms with E-state index in [4.69, 9.17) is 9.07 Å². The number of hydrogen-bond donors (Lipinski definition) is 1. The van der Waals surface area contributed by atoms with Gasteiger partial charge in [0.2, 0.25) is 0 Å². The normalized spacial score (nSPS) is 12.8. The van der Waals surface area contributed by atoms with Gasteiger partial charge in [0.15, 0.2) is 0 Å². The lowest BCUT2D eigenvalue weighted by Crippen LogP contribution is -2.49. The van der Waals surface area contributed by atoms with Crippen molar-refractivity contribution in [2.45, 2.75) is 38.9 Å². The molecule has 0 saturated carbocycles. The van der Waals surface area contributed by atoms with Crippen molar-refractivity contribution in [2.24, 2.45) is 0 Å². The third-order valence-electron chi connectivity index (χ3n) is 8.32. The van der Waals surface area contributed by atoms with E-state index < -0.39 is 11.2 Å². The highest BCUT2D eigenvalue weighted by Gasteiger charge is 2.36. The minimum atomic E-state index is -0.968. The highest BCUT2D eigenvalue weighted by Crippen LogP contribution is 2.42. The maximum Gasteiger partial charge on any atom is 0.313 e. The number of rotatable bonds is 5. The molecule has 0 radical (unpaired) electrons. The Kier molecular flexibility index (Phi) is 5.44. The summed E-state index contributed by atoms with van der Waals surface area (Å²) in [7, 11) is 0.358. The fraction of sp³-hybridized carbons (Fsp3) is 0.176. The van der Waals surface area contributed by atoms with Crippen LogP contribution in [0.4, 0.5) is 0 Å². The van der Waals surface area contributed by atoms with Crippen molar-refractivity contribution in [3.63, 3.8) is 0 Å².